The summed E-state index contributed by atoms with van der Waals surface area (Å²) in [6.45, 7) is 7.05. The number of amides is 2. The van der Waals surface area contributed by atoms with E-state index in [0.29, 0.717) is 0 Å². The van der Waals surface area contributed by atoms with Crippen LogP contribution in [-0.4, -0.2) is 23.6 Å². The number of nitrogens with one attached hydrogen (secondary N) is 2. The van der Waals surface area contributed by atoms with E-state index in [4.69, 9.17) is 4.74 Å². The molecule has 0 fully saturated rings. The Morgan fingerprint density at radius 1 is 1.24 bits per heavy atom. The molecule has 1 rings (SSSR count). The van der Waals surface area contributed by atoms with Gasteiger partial charge in [-0.3, -0.25) is 4.79 Å². The molecule has 2 amide bonds. The molecule has 0 spiro atoms. The molecule has 1 aromatic rings. The maximum atomic E-state index is 12.7. The zero-order valence-electron chi connectivity index (χ0n) is 12.7. The molecule has 0 aliphatic heterocycles. The van der Waals surface area contributed by atoms with E-state index >= 15 is 0 Å². The Labute approximate surface area is 123 Å². The monoisotopic (exact) mass is 296 g/mol. The van der Waals surface area contributed by atoms with E-state index in [1.807, 2.05) is 0 Å². The van der Waals surface area contributed by atoms with Gasteiger partial charge in [0.1, 0.15) is 17.5 Å². The van der Waals surface area contributed by atoms with Gasteiger partial charge in [0, 0.05) is 6.54 Å². The Morgan fingerprint density at radius 2 is 1.81 bits per heavy atom. The predicted octanol–water partition coefficient (Wildman–Crippen LogP) is 2.36. The normalized spacial score (nSPS) is 12.4. The molecule has 2 N–H and O–H groups in total. The highest BCUT2D eigenvalue weighted by molar-refractivity contribution is 5.85. The summed E-state index contributed by atoms with van der Waals surface area (Å²) in [6, 6.07) is 5.09. The SMILES string of the molecule is C[C@H](NC(=O)OC(C)(C)C)C(=O)NCc1ccc(F)cc1. The summed E-state index contributed by atoms with van der Waals surface area (Å²) < 4.78 is 17.8. The fourth-order valence-corrected chi connectivity index (χ4v) is 1.49. The van der Waals surface area contributed by atoms with Crippen molar-refractivity contribution in [3.63, 3.8) is 0 Å². The fraction of sp³-hybridized carbons (Fsp3) is 0.467. The molecule has 0 unspecified atom stereocenters. The molecule has 1 aromatic carbocycles. The average molecular weight is 296 g/mol. The molecule has 0 radical (unpaired) electrons. The van der Waals surface area contributed by atoms with Gasteiger partial charge < -0.3 is 15.4 Å². The van der Waals surface area contributed by atoms with Crippen molar-refractivity contribution in [2.45, 2.75) is 45.9 Å². The van der Waals surface area contributed by atoms with Gasteiger partial charge in [-0.1, -0.05) is 12.1 Å². The zero-order chi connectivity index (χ0) is 16.0. The number of benzene rings is 1. The van der Waals surface area contributed by atoms with Gasteiger partial charge >= 0.3 is 6.09 Å². The van der Waals surface area contributed by atoms with Crippen LogP contribution in [0.1, 0.15) is 33.3 Å². The number of hydrogen-bond donors (Lipinski definition) is 2. The highest BCUT2D eigenvalue weighted by atomic mass is 19.1. The molecule has 6 heteroatoms. The van der Waals surface area contributed by atoms with Crippen LogP contribution in [0.3, 0.4) is 0 Å². The van der Waals surface area contributed by atoms with Gasteiger partial charge in [-0.25, -0.2) is 9.18 Å². The van der Waals surface area contributed by atoms with Gasteiger partial charge in [-0.05, 0) is 45.4 Å². The van der Waals surface area contributed by atoms with Crippen molar-refractivity contribution in [2.75, 3.05) is 0 Å². The minimum absolute atomic E-state index is 0.263. The van der Waals surface area contributed by atoms with Crippen molar-refractivity contribution in [1.29, 1.82) is 0 Å². The molecular formula is C15H21FN2O3. The van der Waals surface area contributed by atoms with Gasteiger partial charge in [0.05, 0.1) is 0 Å². The molecule has 21 heavy (non-hydrogen) atoms. The zero-order valence-corrected chi connectivity index (χ0v) is 12.7. The van der Waals surface area contributed by atoms with Crippen molar-refractivity contribution in [2.24, 2.45) is 0 Å². The Kier molecular flexibility index (Phi) is 5.69. The standard InChI is InChI=1S/C15H21FN2O3/c1-10(18-14(20)21-15(2,3)4)13(19)17-9-11-5-7-12(16)8-6-11/h5-8,10H,9H2,1-4H3,(H,17,19)(H,18,20)/t10-/m0/s1. The van der Waals surface area contributed by atoms with Crippen LogP contribution in [-0.2, 0) is 16.1 Å². The third-order valence-electron chi connectivity index (χ3n) is 2.51. The summed E-state index contributed by atoms with van der Waals surface area (Å²) in [5, 5.41) is 5.10. The Hall–Kier alpha value is -2.11. The molecule has 5 nitrogen and oxygen atoms in total. The summed E-state index contributed by atoms with van der Waals surface area (Å²) in [4.78, 5) is 23.4. The van der Waals surface area contributed by atoms with Crippen LogP contribution in [0.5, 0.6) is 0 Å². The second-order valence-corrected chi connectivity index (χ2v) is 5.71. The third kappa shape index (κ3) is 6.74. The lowest BCUT2D eigenvalue weighted by atomic mass is 10.2. The summed E-state index contributed by atoms with van der Waals surface area (Å²) in [7, 11) is 0. The summed E-state index contributed by atoms with van der Waals surface area (Å²) in [5.74, 6) is -0.671. The van der Waals surface area contributed by atoms with E-state index in [2.05, 4.69) is 10.6 Å². The van der Waals surface area contributed by atoms with Crippen LogP contribution in [0.15, 0.2) is 24.3 Å². The van der Waals surface area contributed by atoms with Crippen molar-refractivity contribution >= 4 is 12.0 Å². The topological polar surface area (TPSA) is 67.4 Å². The second kappa shape index (κ2) is 7.06. The van der Waals surface area contributed by atoms with Crippen LogP contribution in [0, 0.1) is 5.82 Å². The molecule has 0 bridgehead atoms. The van der Waals surface area contributed by atoms with E-state index in [0.717, 1.165) is 5.56 Å². The first-order valence-electron chi connectivity index (χ1n) is 6.69. The molecule has 0 aliphatic carbocycles. The van der Waals surface area contributed by atoms with Crippen LogP contribution in [0.2, 0.25) is 0 Å². The van der Waals surface area contributed by atoms with Crippen molar-refractivity contribution < 1.29 is 18.7 Å². The quantitative estimate of drug-likeness (QED) is 0.896. The maximum Gasteiger partial charge on any atom is 0.408 e. The third-order valence-corrected chi connectivity index (χ3v) is 2.51. The lowest BCUT2D eigenvalue weighted by Crippen LogP contribution is -2.46. The number of carbonyl (C=O) groups excluding carboxylic acids is 2. The van der Waals surface area contributed by atoms with Gasteiger partial charge in [-0.15, -0.1) is 0 Å². The van der Waals surface area contributed by atoms with Crippen LogP contribution >= 0.6 is 0 Å². The molecule has 0 saturated heterocycles. The second-order valence-electron chi connectivity index (χ2n) is 5.71. The Balaban J connectivity index is 2.40. The predicted molar refractivity (Wildman–Crippen MR) is 77.1 cm³/mol. The van der Waals surface area contributed by atoms with Crippen molar-refractivity contribution in [1.82, 2.24) is 10.6 Å². The van der Waals surface area contributed by atoms with Crippen molar-refractivity contribution in [3.8, 4) is 0 Å². The van der Waals surface area contributed by atoms with E-state index in [9.17, 15) is 14.0 Å². The van der Waals surface area contributed by atoms with Gasteiger partial charge in [0.2, 0.25) is 5.91 Å². The molecule has 0 heterocycles. The molecule has 0 aromatic heterocycles. The first kappa shape index (κ1) is 16.9. The molecule has 1 atom stereocenters. The Bertz CT molecular complexity index is 495. The number of ether oxygens (including phenoxy) is 1. The lowest BCUT2D eigenvalue weighted by molar-refractivity contribution is -0.122. The minimum atomic E-state index is -0.722. The van der Waals surface area contributed by atoms with E-state index < -0.39 is 17.7 Å². The first-order chi connectivity index (χ1) is 9.67. The van der Waals surface area contributed by atoms with Crippen LogP contribution in [0.25, 0.3) is 0 Å². The van der Waals surface area contributed by atoms with E-state index in [1.54, 1.807) is 39.8 Å². The van der Waals surface area contributed by atoms with Crippen LogP contribution < -0.4 is 10.6 Å². The highest BCUT2D eigenvalue weighted by Gasteiger charge is 2.20. The number of alkyl carbamates (subject to hydrolysis) is 1. The minimum Gasteiger partial charge on any atom is -0.444 e. The smallest absolute Gasteiger partial charge is 0.408 e. The Morgan fingerprint density at radius 3 is 2.33 bits per heavy atom. The lowest BCUT2D eigenvalue weighted by Gasteiger charge is -2.21. The van der Waals surface area contributed by atoms with E-state index in [-0.39, 0.29) is 18.3 Å². The molecule has 0 aliphatic rings. The van der Waals surface area contributed by atoms with E-state index in [1.165, 1.54) is 12.1 Å². The summed E-state index contributed by atoms with van der Waals surface area (Å²) >= 11 is 0. The molecular weight excluding hydrogens is 275 g/mol. The summed E-state index contributed by atoms with van der Waals surface area (Å²) in [6.07, 6.45) is -0.646. The average Bonchev–Trinajstić information content (AvgIpc) is 2.35. The fourth-order valence-electron chi connectivity index (χ4n) is 1.49. The number of halogens is 1. The van der Waals surface area contributed by atoms with Crippen molar-refractivity contribution in [3.05, 3.63) is 35.6 Å². The largest absolute Gasteiger partial charge is 0.444 e. The van der Waals surface area contributed by atoms with Gasteiger partial charge in [0.25, 0.3) is 0 Å². The number of hydrogen-bond acceptors (Lipinski definition) is 3. The van der Waals surface area contributed by atoms with Gasteiger partial charge in [0.15, 0.2) is 0 Å². The molecule has 0 saturated carbocycles. The molecule has 116 valence electrons. The number of carbonyl (C=O) groups is 2. The summed E-state index contributed by atoms with van der Waals surface area (Å²) in [5.41, 5.74) is 0.156. The van der Waals surface area contributed by atoms with Crippen LogP contribution in [0.4, 0.5) is 9.18 Å². The van der Waals surface area contributed by atoms with Gasteiger partial charge in [-0.2, -0.15) is 0 Å². The number of rotatable bonds is 4. The maximum absolute atomic E-state index is 12.7. The highest BCUT2D eigenvalue weighted by Crippen LogP contribution is 2.07. The first-order valence-corrected chi connectivity index (χ1v) is 6.69.